The van der Waals surface area contributed by atoms with E-state index in [2.05, 4.69) is 19.3 Å². The molecule has 1 aromatic heterocycles. The third-order valence-electron chi connectivity index (χ3n) is 2.40. The highest BCUT2D eigenvalue weighted by atomic mass is 32.1. The average molecular weight is 284 g/mol. The third-order valence-corrected chi connectivity index (χ3v) is 3.47. The van der Waals surface area contributed by atoms with Crippen molar-refractivity contribution in [1.82, 2.24) is 10.3 Å². The van der Waals surface area contributed by atoms with Crippen LogP contribution in [0.1, 0.15) is 28.4 Å². The first-order valence-corrected chi connectivity index (χ1v) is 6.84. The lowest BCUT2D eigenvalue weighted by molar-refractivity contribution is -0.119. The van der Waals surface area contributed by atoms with Gasteiger partial charge in [0.25, 0.3) is 5.91 Å². The molecule has 0 bridgehead atoms. The van der Waals surface area contributed by atoms with Gasteiger partial charge in [-0.15, -0.1) is 11.3 Å². The van der Waals surface area contributed by atoms with Crippen LogP contribution in [0.5, 0.6) is 0 Å². The molecule has 1 rings (SSSR count). The van der Waals surface area contributed by atoms with E-state index >= 15 is 0 Å². The molecule has 2 amide bonds. The summed E-state index contributed by atoms with van der Waals surface area (Å²) in [5, 5.41) is 0. The second-order valence-corrected chi connectivity index (χ2v) is 5.94. The SMILES string of the molecule is CC(C)CN(CC(N)=O)Cc1ccc(C(=O)NN)s1. The average Bonchev–Trinajstić information content (AvgIpc) is 2.74. The van der Waals surface area contributed by atoms with Gasteiger partial charge in [-0.25, -0.2) is 5.84 Å². The molecule has 7 heteroatoms. The van der Waals surface area contributed by atoms with E-state index in [4.69, 9.17) is 11.6 Å². The zero-order chi connectivity index (χ0) is 14.4. The van der Waals surface area contributed by atoms with E-state index in [0.29, 0.717) is 17.3 Å². The van der Waals surface area contributed by atoms with E-state index in [-0.39, 0.29) is 18.4 Å². The van der Waals surface area contributed by atoms with Crippen molar-refractivity contribution in [1.29, 1.82) is 0 Å². The van der Waals surface area contributed by atoms with Gasteiger partial charge in [-0.3, -0.25) is 19.9 Å². The maximum Gasteiger partial charge on any atom is 0.275 e. The number of rotatable bonds is 7. The fourth-order valence-corrected chi connectivity index (χ4v) is 2.75. The van der Waals surface area contributed by atoms with Gasteiger partial charge in [-0.2, -0.15) is 0 Å². The van der Waals surface area contributed by atoms with Gasteiger partial charge >= 0.3 is 0 Å². The maximum absolute atomic E-state index is 11.4. The smallest absolute Gasteiger partial charge is 0.275 e. The molecule has 0 atom stereocenters. The molecule has 19 heavy (non-hydrogen) atoms. The first kappa shape index (κ1) is 15.6. The second-order valence-electron chi connectivity index (χ2n) is 4.77. The van der Waals surface area contributed by atoms with E-state index in [0.717, 1.165) is 11.4 Å². The summed E-state index contributed by atoms with van der Waals surface area (Å²) < 4.78 is 0. The van der Waals surface area contributed by atoms with Gasteiger partial charge in [0, 0.05) is 18.0 Å². The summed E-state index contributed by atoms with van der Waals surface area (Å²) in [7, 11) is 0. The summed E-state index contributed by atoms with van der Waals surface area (Å²) in [6, 6.07) is 3.59. The Hall–Kier alpha value is -1.44. The molecule has 5 N–H and O–H groups in total. The zero-order valence-electron chi connectivity index (χ0n) is 11.2. The number of nitrogens with one attached hydrogen (secondary N) is 1. The number of thiophene rings is 1. The molecule has 0 radical (unpaired) electrons. The Morgan fingerprint density at radius 3 is 2.63 bits per heavy atom. The molecule has 0 aliphatic heterocycles. The molecule has 0 aromatic carbocycles. The van der Waals surface area contributed by atoms with Crippen molar-refractivity contribution >= 4 is 23.2 Å². The predicted octanol–water partition coefficient (Wildman–Crippen LogP) is 0.295. The highest BCUT2D eigenvalue weighted by Gasteiger charge is 2.14. The van der Waals surface area contributed by atoms with Crippen molar-refractivity contribution in [2.45, 2.75) is 20.4 Å². The summed E-state index contributed by atoms with van der Waals surface area (Å²) in [5.74, 6) is 4.86. The molecule has 0 saturated heterocycles. The first-order chi connectivity index (χ1) is 8.92. The summed E-state index contributed by atoms with van der Waals surface area (Å²) in [5.41, 5.74) is 7.34. The van der Waals surface area contributed by atoms with Crippen LogP contribution < -0.4 is 17.0 Å². The molecule has 6 nitrogen and oxygen atoms in total. The van der Waals surface area contributed by atoms with E-state index < -0.39 is 0 Å². The number of amides is 2. The fraction of sp³-hybridized carbons (Fsp3) is 0.500. The number of hydrogen-bond acceptors (Lipinski definition) is 5. The van der Waals surface area contributed by atoms with Crippen molar-refractivity contribution in [3.63, 3.8) is 0 Å². The Bertz CT molecular complexity index is 445. The van der Waals surface area contributed by atoms with Gasteiger partial charge in [0.15, 0.2) is 0 Å². The largest absolute Gasteiger partial charge is 0.369 e. The van der Waals surface area contributed by atoms with Gasteiger partial charge in [0.1, 0.15) is 0 Å². The summed E-state index contributed by atoms with van der Waals surface area (Å²) >= 11 is 1.36. The van der Waals surface area contributed by atoms with Gasteiger partial charge in [0.2, 0.25) is 5.91 Å². The number of nitrogens with two attached hydrogens (primary N) is 2. The van der Waals surface area contributed by atoms with Crippen molar-refractivity contribution in [2.24, 2.45) is 17.5 Å². The van der Waals surface area contributed by atoms with Crippen LogP contribution in [0.4, 0.5) is 0 Å². The highest BCUT2D eigenvalue weighted by molar-refractivity contribution is 7.14. The lowest BCUT2D eigenvalue weighted by Gasteiger charge is -2.21. The lowest BCUT2D eigenvalue weighted by Crippen LogP contribution is -2.35. The van der Waals surface area contributed by atoms with Crippen molar-refractivity contribution in [3.05, 3.63) is 21.9 Å². The molecule has 1 heterocycles. The summed E-state index contributed by atoms with van der Waals surface area (Å²) in [6.07, 6.45) is 0. The molecule has 106 valence electrons. The van der Waals surface area contributed by atoms with Gasteiger partial charge in [-0.05, 0) is 18.1 Å². The quantitative estimate of drug-likeness (QED) is 0.380. The van der Waals surface area contributed by atoms with Crippen LogP contribution >= 0.6 is 11.3 Å². The Morgan fingerprint density at radius 1 is 1.42 bits per heavy atom. The summed E-state index contributed by atoms with van der Waals surface area (Å²) in [4.78, 5) is 25.9. The normalized spacial score (nSPS) is 11.0. The lowest BCUT2D eigenvalue weighted by atomic mass is 10.2. The van der Waals surface area contributed by atoms with Gasteiger partial charge < -0.3 is 5.73 Å². The van der Waals surface area contributed by atoms with E-state index in [9.17, 15) is 9.59 Å². The van der Waals surface area contributed by atoms with Gasteiger partial charge in [-0.1, -0.05) is 13.8 Å². The number of carbonyl (C=O) groups excluding carboxylic acids is 2. The number of carbonyl (C=O) groups is 2. The highest BCUT2D eigenvalue weighted by Crippen LogP contribution is 2.18. The van der Waals surface area contributed by atoms with Crippen LogP contribution in [0.15, 0.2) is 12.1 Å². The number of nitrogens with zero attached hydrogens (tertiary/aromatic N) is 1. The Labute approximate surface area is 116 Å². The van der Waals surface area contributed by atoms with E-state index in [1.807, 2.05) is 11.0 Å². The van der Waals surface area contributed by atoms with Crippen LogP contribution in [0.25, 0.3) is 0 Å². The van der Waals surface area contributed by atoms with Crippen LogP contribution in [0, 0.1) is 5.92 Å². The Balaban J connectivity index is 2.69. The monoisotopic (exact) mass is 284 g/mol. The van der Waals surface area contributed by atoms with E-state index in [1.54, 1.807) is 6.07 Å². The van der Waals surface area contributed by atoms with Crippen molar-refractivity contribution < 1.29 is 9.59 Å². The Morgan fingerprint density at radius 2 is 2.11 bits per heavy atom. The second kappa shape index (κ2) is 7.22. The molecule has 0 saturated carbocycles. The van der Waals surface area contributed by atoms with Crippen LogP contribution in [0.3, 0.4) is 0 Å². The fourth-order valence-electron chi connectivity index (χ4n) is 1.80. The molecule has 0 aliphatic rings. The molecular formula is C12H20N4O2S. The molecule has 0 aliphatic carbocycles. The zero-order valence-corrected chi connectivity index (χ0v) is 12.0. The molecule has 0 unspecified atom stereocenters. The molecular weight excluding hydrogens is 264 g/mol. The topological polar surface area (TPSA) is 101 Å². The standard InChI is InChI=1S/C12H20N4O2S/c1-8(2)5-16(7-11(13)17)6-9-3-4-10(19-9)12(18)15-14/h3-4,8H,5-7,14H2,1-2H3,(H2,13,17)(H,15,18). The third kappa shape index (κ3) is 5.37. The number of primary amides is 1. The minimum Gasteiger partial charge on any atom is -0.369 e. The molecule has 1 aromatic rings. The molecule has 0 spiro atoms. The van der Waals surface area contributed by atoms with Crippen LogP contribution in [-0.2, 0) is 11.3 Å². The number of nitrogen functional groups attached to an aromatic ring is 1. The predicted molar refractivity (Wildman–Crippen MR) is 75.3 cm³/mol. The minimum atomic E-state index is -0.350. The van der Waals surface area contributed by atoms with Crippen molar-refractivity contribution in [2.75, 3.05) is 13.1 Å². The molecule has 0 fully saturated rings. The van der Waals surface area contributed by atoms with Crippen LogP contribution in [-0.4, -0.2) is 29.8 Å². The van der Waals surface area contributed by atoms with Crippen LogP contribution in [0.2, 0.25) is 0 Å². The van der Waals surface area contributed by atoms with Gasteiger partial charge in [0.05, 0.1) is 11.4 Å². The first-order valence-electron chi connectivity index (χ1n) is 6.02. The number of hydrazine groups is 1. The van der Waals surface area contributed by atoms with E-state index in [1.165, 1.54) is 11.3 Å². The summed E-state index contributed by atoms with van der Waals surface area (Å²) in [6.45, 7) is 5.75. The maximum atomic E-state index is 11.4. The van der Waals surface area contributed by atoms with Crippen molar-refractivity contribution in [3.8, 4) is 0 Å². The Kier molecular flexibility index (Phi) is 5.94. The minimum absolute atomic E-state index is 0.217. The number of hydrogen-bond donors (Lipinski definition) is 3.